The lowest BCUT2D eigenvalue weighted by Gasteiger charge is -2.39. The first-order chi connectivity index (χ1) is 13.8. The second-order valence-electron chi connectivity index (χ2n) is 7.54. The fourth-order valence-corrected chi connectivity index (χ4v) is 4.07. The van der Waals surface area contributed by atoms with Crippen LogP contribution in [0.2, 0.25) is 0 Å². The number of benzene rings is 1. The molecule has 3 aromatic rings. The van der Waals surface area contributed by atoms with Crippen LogP contribution in [0.25, 0.3) is 11.0 Å². The van der Waals surface area contributed by atoms with Crippen LogP contribution >= 0.6 is 0 Å². The van der Waals surface area contributed by atoms with Gasteiger partial charge in [-0.3, -0.25) is 4.99 Å². The van der Waals surface area contributed by atoms with E-state index in [4.69, 9.17) is 0 Å². The number of imidazole rings is 2. The monoisotopic (exact) mass is 379 g/mol. The summed E-state index contributed by atoms with van der Waals surface area (Å²) in [5, 5.41) is 3.55. The fraction of sp³-hybridized carbons (Fsp3) is 0.476. The summed E-state index contributed by atoms with van der Waals surface area (Å²) in [5.74, 6) is 1.63. The van der Waals surface area contributed by atoms with Crippen molar-refractivity contribution in [2.75, 3.05) is 26.7 Å². The third kappa shape index (κ3) is 3.88. The number of aliphatic imine (C=N–C) groups is 1. The van der Waals surface area contributed by atoms with Crippen LogP contribution in [0.5, 0.6) is 0 Å². The molecule has 0 bridgehead atoms. The number of likely N-dealkylation sites (tertiary alicyclic amines) is 1. The summed E-state index contributed by atoms with van der Waals surface area (Å²) in [6, 6.07) is 8.71. The SMILES string of the molecule is CN=C(NCCCn1cnc2ccccc21)N1CCC(C)C(n2ccnc2)C1. The van der Waals surface area contributed by atoms with Gasteiger partial charge in [-0.15, -0.1) is 0 Å². The topological polar surface area (TPSA) is 63.3 Å². The van der Waals surface area contributed by atoms with Gasteiger partial charge in [0.05, 0.1) is 29.7 Å². The second kappa shape index (κ2) is 8.46. The molecule has 0 amide bonds. The zero-order valence-electron chi connectivity index (χ0n) is 16.7. The van der Waals surface area contributed by atoms with Crippen molar-refractivity contribution in [3.05, 3.63) is 49.3 Å². The molecule has 0 aliphatic carbocycles. The molecule has 2 aromatic heterocycles. The average molecular weight is 380 g/mol. The van der Waals surface area contributed by atoms with Gasteiger partial charge in [-0.25, -0.2) is 9.97 Å². The Morgan fingerprint density at radius 1 is 1.29 bits per heavy atom. The Bertz CT molecular complexity index is 912. The zero-order chi connectivity index (χ0) is 19.3. The summed E-state index contributed by atoms with van der Waals surface area (Å²) in [5.41, 5.74) is 2.25. The molecular weight excluding hydrogens is 350 g/mol. The van der Waals surface area contributed by atoms with Crippen LogP contribution in [0.15, 0.2) is 54.3 Å². The summed E-state index contributed by atoms with van der Waals surface area (Å²) < 4.78 is 4.45. The maximum absolute atomic E-state index is 4.52. The number of hydrogen-bond acceptors (Lipinski definition) is 3. The van der Waals surface area contributed by atoms with Gasteiger partial charge in [-0.2, -0.15) is 0 Å². The summed E-state index contributed by atoms with van der Waals surface area (Å²) in [4.78, 5) is 15.6. The molecule has 7 heteroatoms. The predicted molar refractivity (Wildman–Crippen MR) is 112 cm³/mol. The average Bonchev–Trinajstić information content (AvgIpc) is 3.39. The van der Waals surface area contributed by atoms with Crippen LogP contribution in [0.3, 0.4) is 0 Å². The van der Waals surface area contributed by atoms with Crippen molar-refractivity contribution < 1.29 is 0 Å². The maximum Gasteiger partial charge on any atom is 0.193 e. The number of guanidine groups is 1. The lowest BCUT2D eigenvalue weighted by atomic mass is 9.93. The van der Waals surface area contributed by atoms with Crippen LogP contribution in [-0.2, 0) is 6.54 Å². The van der Waals surface area contributed by atoms with Crippen molar-refractivity contribution in [2.24, 2.45) is 10.9 Å². The van der Waals surface area contributed by atoms with Crippen LogP contribution in [0.4, 0.5) is 0 Å². The molecule has 148 valence electrons. The minimum atomic E-state index is 0.437. The number of rotatable bonds is 5. The Balaban J connectivity index is 1.31. The van der Waals surface area contributed by atoms with Crippen molar-refractivity contribution in [1.82, 2.24) is 29.3 Å². The number of aromatic nitrogens is 4. The van der Waals surface area contributed by atoms with E-state index in [9.17, 15) is 0 Å². The third-order valence-corrected chi connectivity index (χ3v) is 5.72. The fourth-order valence-electron chi connectivity index (χ4n) is 4.07. The normalized spacial score (nSPS) is 20.6. The van der Waals surface area contributed by atoms with Gasteiger partial charge in [0.15, 0.2) is 5.96 Å². The summed E-state index contributed by atoms with van der Waals surface area (Å²) in [7, 11) is 1.87. The Morgan fingerprint density at radius 3 is 3.00 bits per heavy atom. The third-order valence-electron chi connectivity index (χ3n) is 5.72. The van der Waals surface area contributed by atoms with E-state index in [2.05, 4.69) is 65.6 Å². The highest BCUT2D eigenvalue weighted by Crippen LogP contribution is 2.27. The van der Waals surface area contributed by atoms with Crippen molar-refractivity contribution in [3.63, 3.8) is 0 Å². The molecule has 1 aliphatic rings. The molecule has 0 spiro atoms. The molecule has 28 heavy (non-hydrogen) atoms. The molecule has 7 nitrogen and oxygen atoms in total. The lowest BCUT2D eigenvalue weighted by Crippen LogP contribution is -2.49. The van der Waals surface area contributed by atoms with Crippen molar-refractivity contribution in [1.29, 1.82) is 0 Å². The van der Waals surface area contributed by atoms with Crippen LogP contribution in [0, 0.1) is 5.92 Å². The smallest absolute Gasteiger partial charge is 0.193 e. The molecule has 2 unspecified atom stereocenters. The van der Waals surface area contributed by atoms with Gasteiger partial charge in [-0.1, -0.05) is 19.1 Å². The number of fused-ring (bicyclic) bond motifs is 1. The van der Waals surface area contributed by atoms with Gasteiger partial charge in [0, 0.05) is 45.6 Å². The first-order valence-corrected chi connectivity index (χ1v) is 10.1. The van der Waals surface area contributed by atoms with E-state index in [1.807, 2.05) is 32.0 Å². The minimum Gasteiger partial charge on any atom is -0.356 e. The van der Waals surface area contributed by atoms with E-state index in [0.29, 0.717) is 12.0 Å². The molecule has 0 saturated carbocycles. The molecule has 0 radical (unpaired) electrons. The number of para-hydroxylation sites is 2. The molecular formula is C21H29N7. The summed E-state index contributed by atoms with van der Waals surface area (Å²) in [6.07, 6.45) is 9.96. The number of hydrogen-bond donors (Lipinski definition) is 1. The molecule has 1 N–H and O–H groups in total. The maximum atomic E-state index is 4.52. The quantitative estimate of drug-likeness (QED) is 0.421. The zero-order valence-corrected chi connectivity index (χ0v) is 16.7. The molecule has 1 aliphatic heterocycles. The Hall–Kier alpha value is -2.83. The van der Waals surface area contributed by atoms with Gasteiger partial charge in [0.1, 0.15) is 0 Å². The summed E-state index contributed by atoms with van der Waals surface area (Å²) in [6.45, 7) is 6.16. The standard InChI is InChI=1S/C21H29N7/c1-17-8-12-26(14-20(17)28-13-10-23-15-28)21(22-2)24-9-5-11-27-16-25-18-6-3-4-7-19(18)27/h3-4,6-7,10,13,15-17,20H,5,8-9,11-12,14H2,1-2H3,(H,22,24). The van der Waals surface area contributed by atoms with Gasteiger partial charge < -0.3 is 19.4 Å². The van der Waals surface area contributed by atoms with E-state index >= 15 is 0 Å². The molecule has 2 atom stereocenters. The lowest BCUT2D eigenvalue weighted by molar-refractivity contribution is 0.189. The summed E-state index contributed by atoms with van der Waals surface area (Å²) >= 11 is 0. The molecule has 4 rings (SSSR count). The van der Waals surface area contributed by atoms with Crippen molar-refractivity contribution in [3.8, 4) is 0 Å². The van der Waals surface area contributed by atoms with E-state index in [0.717, 1.165) is 50.5 Å². The van der Waals surface area contributed by atoms with E-state index < -0.39 is 0 Å². The van der Waals surface area contributed by atoms with Gasteiger partial charge in [-0.05, 0) is 30.9 Å². The van der Waals surface area contributed by atoms with Crippen LogP contribution in [0.1, 0.15) is 25.8 Å². The van der Waals surface area contributed by atoms with Gasteiger partial charge in [0.2, 0.25) is 0 Å². The Kier molecular flexibility index (Phi) is 5.60. The Morgan fingerprint density at radius 2 is 2.18 bits per heavy atom. The van der Waals surface area contributed by atoms with E-state index in [-0.39, 0.29) is 0 Å². The number of nitrogens with zero attached hydrogens (tertiary/aromatic N) is 6. The minimum absolute atomic E-state index is 0.437. The Labute approximate surface area is 166 Å². The number of aryl methyl sites for hydroxylation is 1. The number of nitrogens with one attached hydrogen (secondary N) is 1. The highest BCUT2D eigenvalue weighted by molar-refractivity contribution is 5.80. The highest BCUT2D eigenvalue weighted by atomic mass is 15.3. The van der Waals surface area contributed by atoms with E-state index in [1.54, 1.807) is 0 Å². The molecule has 1 aromatic carbocycles. The van der Waals surface area contributed by atoms with E-state index in [1.165, 1.54) is 5.52 Å². The molecule has 1 saturated heterocycles. The van der Waals surface area contributed by atoms with Crippen molar-refractivity contribution in [2.45, 2.75) is 32.4 Å². The van der Waals surface area contributed by atoms with Gasteiger partial charge in [0.25, 0.3) is 0 Å². The largest absolute Gasteiger partial charge is 0.356 e. The molecule has 1 fully saturated rings. The van der Waals surface area contributed by atoms with Crippen LogP contribution in [-0.4, -0.2) is 56.6 Å². The van der Waals surface area contributed by atoms with Crippen LogP contribution < -0.4 is 5.32 Å². The predicted octanol–water partition coefficient (Wildman–Crippen LogP) is 2.78. The first-order valence-electron chi connectivity index (χ1n) is 10.1. The van der Waals surface area contributed by atoms with Crippen molar-refractivity contribution >= 4 is 17.0 Å². The number of piperidine rings is 1. The van der Waals surface area contributed by atoms with Gasteiger partial charge >= 0.3 is 0 Å². The first kappa shape index (κ1) is 18.5. The highest BCUT2D eigenvalue weighted by Gasteiger charge is 2.28. The molecule has 3 heterocycles. The second-order valence-corrected chi connectivity index (χ2v) is 7.54.